The molecule has 1 saturated heterocycles. The van der Waals surface area contributed by atoms with Crippen molar-refractivity contribution in [2.75, 3.05) is 18.0 Å². The average molecular weight is 436 g/mol. The van der Waals surface area contributed by atoms with E-state index in [4.69, 9.17) is 4.74 Å². The minimum Gasteiger partial charge on any atom is -0.491 e. The third kappa shape index (κ3) is 4.59. The SMILES string of the molecule is CCN1c2cc(C(=O)NCc3ccc(OC(C)C)cc3)ccc2C(=O)N2CCCCCC21. The summed E-state index contributed by atoms with van der Waals surface area (Å²) in [4.78, 5) is 30.3. The van der Waals surface area contributed by atoms with Gasteiger partial charge in [0.1, 0.15) is 11.9 Å². The number of carbonyl (C=O) groups is 2. The van der Waals surface area contributed by atoms with Crippen LogP contribution in [0.4, 0.5) is 5.69 Å². The summed E-state index contributed by atoms with van der Waals surface area (Å²) in [7, 11) is 0. The van der Waals surface area contributed by atoms with E-state index >= 15 is 0 Å². The molecule has 6 heteroatoms. The standard InChI is InChI=1S/C26H33N3O3/c1-4-28-23-16-20(11-14-22(23)26(31)29-15-7-5-6-8-24(28)29)25(30)27-17-19-9-12-21(13-10-19)32-18(2)3/h9-14,16,18,24H,4-8,15,17H2,1-3H3,(H,27,30). The van der Waals surface area contributed by atoms with E-state index in [1.165, 1.54) is 0 Å². The third-order valence-electron chi connectivity index (χ3n) is 6.23. The molecule has 2 aliphatic rings. The fourth-order valence-electron chi connectivity index (χ4n) is 4.68. The van der Waals surface area contributed by atoms with Crippen LogP contribution >= 0.6 is 0 Å². The fraction of sp³-hybridized carbons (Fsp3) is 0.462. The molecule has 2 aliphatic heterocycles. The molecule has 0 radical (unpaired) electrons. The average Bonchev–Trinajstić information content (AvgIpc) is 3.04. The largest absolute Gasteiger partial charge is 0.491 e. The van der Waals surface area contributed by atoms with Gasteiger partial charge >= 0.3 is 0 Å². The molecule has 2 aromatic rings. The number of rotatable bonds is 6. The van der Waals surface area contributed by atoms with E-state index in [-0.39, 0.29) is 24.1 Å². The van der Waals surface area contributed by atoms with Crippen molar-refractivity contribution in [1.29, 1.82) is 0 Å². The van der Waals surface area contributed by atoms with Crippen molar-refractivity contribution in [3.05, 3.63) is 59.2 Å². The molecule has 4 rings (SSSR count). The smallest absolute Gasteiger partial charge is 0.257 e. The van der Waals surface area contributed by atoms with Gasteiger partial charge in [-0.1, -0.05) is 18.6 Å². The van der Waals surface area contributed by atoms with Crippen LogP contribution in [0.2, 0.25) is 0 Å². The number of nitrogens with one attached hydrogen (secondary N) is 1. The molecule has 0 bridgehead atoms. The Labute approximate surface area is 190 Å². The zero-order valence-corrected chi connectivity index (χ0v) is 19.3. The van der Waals surface area contributed by atoms with E-state index in [9.17, 15) is 9.59 Å². The molecular weight excluding hydrogens is 402 g/mol. The molecule has 0 aliphatic carbocycles. The number of anilines is 1. The van der Waals surface area contributed by atoms with Gasteiger partial charge in [-0.15, -0.1) is 0 Å². The lowest BCUT2D eigenvalue weighted by Crippen LogP contribution is -2.55. The number of ether oxygens (including phenoxy) is 1. The molecule has 2 aromatic carbocycles. The Bertz CT molecular complexity index is 971. The fourth-order valence-corrected chi connectivity index (χ4v) is 4.68. The quantitative estimate of drug-likeness (QED) is 0.721. The Hall–Kier alpha value is -3.02. The van der Waals surface area contributed by atoms with Crippen LogP contribution in [0, 0.1) is 0 Å². The monoisotopic (exact) mass is 435 g/mol. The van der Waals surface area contributed by atoms with E-state index < -0.39 is 0 Å². The second-order valence-electron chi connectivity index (χ2n) is 8.84. The van der Waals surface area contributed by atoms with Crippen molar-refractivity contribution < 1.29 is 14.3 Å². The van der Waals surface area contributed by atoms with Gasteiger partial charge in [0.15, 0.2) is 0 Å². The van der Waals surface area contributed by atoms with Crippen molar-refractivity contribution >= 4 is 17.5 Å². The predicted octanol–water partition coefficient (Wildman–Crippen LogP) is 4.59. The summed E-state index contributed by atoms with van der Waals surface area (Å²) in [5.74, 6) is 0.774. The molecule has 2 amide bonds. The number of carbonyl (C=O) groups excluding carboxylic acids is 2. The van der Waals surface area contributed by atoms with Crippen molar-refractivity contribution in [3.8, 4) is 5.75 Å². The number of nitrogens with zero attached hydrogens (tertiary/aromatic N) is 2. The Kier molecular flexibility index (Phi) is 6.68. The van der Waals surface area contributed by atoms with Gasteiger partial charge in [-0.05, 0) is 75.9 Å². The highest BCUT2D eigenvalue weighted by Gasteiger charge is 2.37. The van der Waals surface area contributed by atoms with Crippen LogP contribution in [0.25, 0.3) is 0 Å². The van der Waals surface area contributed by atoms with Gasteiger partial charge in [0.2, 0.25) is 0 Å². The molecule has 2 heterocycles. The second kappa shape index (κ2) is 9.63. The van der Waals surface area contributed by atoms with Gasteiger partial charge < -0.3 is 19.9 Å². The van der Waals surface area contributed by atoms with Gasteiger partial charge in [-0.2, -0.15) is 0 Å². The summed E-state index contributed by atoms with van der Waals surface area (Å²) in [5.41, 5.74) is 3.16. The Morgan fingerprint density at radius 2 is 1.91 bits per heavy atom. The van der Waals surface area contributed by atoms with E-state index in [0.29, 0.717) is 17.7 Å². The van der Waals surface area contributed by atoms with Crippen molar-refractivity contribution in [1.82, 2.24) is 10.2 Å². The van der Waals surface area contributed by atoms with E-state index in [1.807, 2.05) is 55.1 Å². The number of hydrogen-bond donors (Lipinski definition) is 1. The normalized spacial score (nSPS) is 18.1. The van der Waals surface area contributed by atoms with Gasteiger partial charge in [-0.3, -0.25) is 9.59 Å². The van der Waals surface area contributed by atoms with Gasteiger partial charge in [0, 0.05) is 25.2 Å². The molecular formula is C26H33N3O3. The Morgan fingerprint density at radius 1 is 1.12 bits per heavy atom. The van der Waals surface area contributed by atoms with Crippen LogP contribution in [0.1, 0.15) is 72.7 Å². The summed E-state index contributed by atoms with van der Waals surface area (Å²) >= 11 is 0. The first-order valence-corrected chi connectivity index (χ1v) is 11.7. The summed E-state index contributed by atoms with van der Waals surface area (Å²) in [6.45, 7) is 8.15. The van der Waals surface area contributed by atoms with Gasteiger partial charge in [0.05, 0.1) is 17.4 Å². The predicted molar refractivity (Wildman–Crippen MR) is 126 cm³/mol. The first kappa shape index (κ1) is 22.2. The molecule has 1 atom stereocenters. The number of fused-ring (bicyclic) bond motifs is 2. The summed E-state index contributed by atoms with van der Waals surface area (Å²) < 4.78 is 5.67. The third-order valence-corrected chi connectivity index (χ3v) is 6.23. The zero-order chi connectivity index (χ0) is 22.7. The molecule has 6 nitrogen and oxygen atoms in total. The van der Waals surface area contributed by atoms with Crippen LogP contribution in [-0.2, 0) is 6.54 Å². The maximum atomic E-state index is 13.1. The van der Waals surface area contributed by atoms with Crippen LogP contribution in [0.3, 0.4) is 0 Å². The molecule has 1 fully saturated rings. The molecule has 32 heavy (non-hydrogen) atoms. The molecule has 170 valence electrons. The second-order valence-corrected chi connectivity index (χ2v) is 8.84. The summed E-state index contributed by atoms with van der Waals surface area (Å²) in [6, 6.07) is 13.2. The lowest BCUT2D eigenvalue weighted by molar-refractivity contribution is 0.0656. The van der Waals surface area contributed by atoms with Crippen LogP contribution < -0.4 is 15.0 Å². The first-order valence-electron chi connectivity index (χ1n) is 11.7. The van der Waals surface area contributed by atoms with Crippen molar-refractivity contribution in [3.63, 3.8) is 0 Å². The lowest BCUT2D eigenvalue weighted by atomic mass is 10.0. The molecule has 1 N–H and O–H groups in total. The molecule has 0 saturated carbocycles. The van der Waals surface area contributed by atoms with Gasteiger partial charge in [0.25, 0.3) is 11.8 Å². The van der Waals surface area contributed by atoms with Gasteiger partial charge in [-0.25, -0.2) is 0 Å². The van der Waals surface area contributed by atoms with E-state index in [0.717, 1.165) is 55.8 Å². The summed E-state index contributed by atoms with van der Waals surface area (Å²) in [5, 5.41) is 3.00. The lowest BCUT2D eigenvalue weighted by Gasteiger charge is -2.44. The number of hydrogen-bond acceptors (Lipinski definition) is 4. The minimum atomic E-state index is -0.137. The van der Waals surface area contributed by atoms with Crippen LogP contribution in [-0.4, -0.2) is 42.1 Å². The highest BCUT2D eigenvalue weighted by atomic mass is 16.5. The van der Waals surface area contributed by atoms with Crippen LogP contribution in [0.5, 0.6) is 5.75 Å². The van der Waals surface area contributed by atoms with E-state index in [2.05, 4.69) is 17.1 Å². The maximum Gasteiger partial charge on any atom is 0.257 e. The highest BCUT2D eigenvalue weighted by molar-refractivity contribution is 6.04. The zero-order valence-electron chi connectivity index (χ0n) is 19.3. The maximum absolute atomic E-state index is 13.1. The van der Waals surface area contributed by atoms with Crippen LogP contribution in [0.15, 0.2) is 42.5 Å². The molecule has 1 unspecified atom stereocenters. The first-order chi connectivity index (χ1) is 15.5. The van der Waals surface area contributed by atoms with Crippen molar-refractivity contribution in [2.45, 2.75) is 65.3 Å². The number of amides is 2. The van der Waals surface area contributed by atoms with E-state index in [1.54, 1.807) is 6.07 Å². The number of benzene rings is 2. The van der Waals surface area contributed by atoms with Crippen molar-refractivity contribution in [2.24, 2.45) is 0 Å². The molecule has 0 aromatic heterocycles. The minimum absolute atomic E-state index is 0.0901. The summed E-state index contributed by atoms with van der Waals surface area (Å²) in [6.07, 6.45) is 4.54. The Balaban J connectivity index is 1.49. The highest BCUT2D eigenvalue weighted by Crippen LogP contribution is 2.35. The topological polar surface area (TPSA) is 61.9 Å². The molecule has 0 spiro atoms. The Morgan fingerprint density at radius 3 is 2.62 bits per heavy atom.